The predicted molar refractivity (Wildman–Crippen MR) is 86.3 cm³/mol. The Kier molecular flexibility index (Phi) is 5.39. The van der Waals surface area contributed by atoms with E-state index in [1.54, 1.807) is 0 Å². The molecule has 1 saturated carbocycles. The van der Waals surface area contributed by atoms with Crippen LogP contribution in [0.3, 0.4) is 0 Å². The molecular formula is C17H27NOS. The number of benzene rings is 1. The van der Waals surface area contributed by atoms with Crippen molar-refractivity contribution in [2.75, 3.05) is 0 Å². The molecule has 0 radical (unpaired) electrons. The molecule has 3 heteroatoms. The third-order valence-corrected chi connectivity index (χ3v) is 6.41. The lowest BCUT2D eigenvalue weighted by atomic mass is 9.84. The van der Waals surface area contributed by atoms with Crippen molar-refractivity contribution in [1.29, 1.82) is 0 Å². The minimum atomic E-state index is -0.969. The summed E-state index contributed by atoms with van der Waals surface area (Å²) in [6, 6.07) is 8.33. The summed E-state index contributed by atoms with van der Waals surface area (Å²) in [7, 11) is -0.969. The zero-order chi connectivity index (χ0) is 14.7. The lowest BCUT2D eigenvalue weighted by Gasteiger charge is -2.33. The molecule has 4 unspecified atom stereocenters. The Morgan fingerprint density at radius 2 is 1.90 bits per heavy atom. The zero-order valence-electron chi connectivity index (χ0n) is 12.8. The summed E-state index contributed by atoms with van der Waals surface area (Å²) in [4.78, 5) is 0.937. The van der Waals surface area contributed by atoms with Crippen molar-refractivity contribution in [1.82, 2.24) is 0 Å². The summed E-state index contributed by atoms with van der Waals surface area (Å²) in [5, 5.41) is 0.124. The third-order valence-electron chi connectivity index (χ3n) is 4.58. The van der Waals surface area contributed by atoms with E-state index in [0.717, 1.165) is 17.7 Å². The first-order chi connectivity index (χ1) is 9.52. The average molecular weight is 293 g/mol. The fourth-order valence-corrected chi connectivity index (χ4v) is 4.67. The van der Waals surface area contributed by atoms with Gasteiger partial charge in [-0.2, -0.15) is 0 Å². The highest BCUT2D eigenvalue weighted by Gasteiger charge is 2.32. The van der Waals surface area contributed by atoms with Crippen LogP contribution >= 0.6 is 0 Å². The highest BCUT2D eigenvalue weighted by Crippen LogP contribution is 2.31. The van der Waals surface area contributed by atoms with Crippen LogP contribution in [-0.2, 0) is 10.8 Å². The van der Waals surface area contributed by atoms with E-state index in [9.17, 15) is 4.21 Å². The van der Waals surface area contributed by atoms with E-state index in [0.29, 0.717) is 11.8 Å². The molecule has 4 atom stereocenters. The molecule has 0 bridgehead atoms. The van der Waals surface area contributed by atoms with Gasteiger partial charge in [0.15, 0.2) is 0 Å². The Labute approximate surface area is 125 Å². The van der Waals surface area contributed by atoms with Gasteiger partial charge in [-0.3, -0.25) is 4.21 Å². The maximum Gasteiger partial charge on any atom is 0.0576 e. The van der Waals surface area contributed by atoms with Crippen LogP contribution < -0.4 is 5.73 Å². The van der Waals surface area contributed by atoms with Crippen LogP contribution in [0.25, 0.3) is 0 Å². The standard InChI is InChI=1S/C17H27NOS/c1-4-13-5-10-16(18)17(11-13)20(19)15-8-6-14(7-9-15)12(2)3/h6-9,12-13,16-17H,4-5,10-11,18H2,1-3H3. The maximum atomic E-state index is 12.8. The van der Waals surface area contributed by atoms with Crippen LogP contribution in [0.1, 0.15) is 57.9 Å². The highest BCUT2D eigenvalue weighted by molar-refractivity contribution is 7.85. The second kappa shape index (κ2) is 6.86. The van der Waals surface area contributed by atoms with Crippen LogP contribution in [0.5, 0.6) is 0 Å². The van der Waals surface area contributed by atoms with E-state index < -0.39 is 10.8 Å². The van der Waals surface area contributed by atoms with Gasteiger partial charge < -0.3 is 5.73 Å². The first-order valence-electron chi connectivity index (χ1n) is 7.79. The summed E-state index contributed by atoms with van der Waals surface area (Å²) >= 11 is 0. The molecule has 0 heterocycles. The Balaban J connectivity index is 2.13. The van der Waals surface area contributed by atoms with Gasteiger partial charge in [-0.25, -0.2) is 0 Å². The van der Waals surface area contributed by atoms with Crippen molar-refractivity contribution in [3.8, 4) is 0 Å². The molecule has 0 saturated heterocycles. The number of hydrogen-bond donors (Lipinski definition) is 1. The Hall–Kier alpha value is -0.670. The molecule has 1 aliphatic carbocycles. The third kappa shape index (κ3) is 3.50. The largest absolute Gasteiger partial charge is 0.327 e. The quantitative estimate of drug-likeness (QED) is 0.917. The van der Waals surface area contributed by atoms with Crippen LogP contribution in [0, 0.1) is 5.92 Å². The van der Waals surface area contributed by atoms with Crippen LogP contribution in [0.2, 0.25) is 0 Å². The molecule has 1 aromatic carbocycles. The van der Waals surface area contributed by atoms with E-state index in [-0.39, 0.29) is 11.3 Å². The van der Waals surface area contributed by atoms with E-state index >= 15 is 0 Å². The fourth-order valence-electron chi connectivity index (χ4n) is 3.01. The van der Waals surface area contributed by atoms with Crippen LogP contribution in [0.15, 0.2) is 29.2 Å². The predicted octanol–water partition coefficient (Wildman–Crippen LogP) is 3.82. The van der Waals surface area contributed by atoms with Crippen molar-refractivity contribution in [3.63, 3.8) is 0 Å². The Bertz CT molecular complexity index is 455. The molecule has 2 nitrogen and oxygen atoms in total. The Morgan fingerprint density at radius 3 is 2.45 bits per heavy atom. The first kappa shape index (κ1) is 15.7. The molecular weight excluding hydrogens is 266 g/mol. The van der Waals surface area contributed by atoms with E-state index in [1.807, 2.05) is 12.1 Å². The van der Waals surface area contributed by atoms with Crippen LogP contribution in [0.4, 0.5) is 0 Å². The molecule has 0 amide bonds. The van der Waals surface area contributed by atoms with Crippen molar-refractivity contribution < 1.29 is 4.21 Å². The summed E-state index contributed by atoms with van der Waals surface area (Å²) in [6.45, 7) is 6.57. The number of nitrogens with two attached hydrogens (primary N) is 1. The lowest BCUT2D eigenvalue weighted by molar-refractivity contribution is 0.324. The van der Waals surface area contributed by atoms with Gasteiger partial charge in [-0.1, -0.05) is 39.3 Å². The SMILES string of the molecule is CCC1CCC(N)C(S(=O)c2ccc(C(C)C)cc2)C1. The van der Waals surface area contributed by atoms with Gasteiger partial charge in [-0.15, -0.1) is 0 Å². The summed E-state index contributed by atoms with van der Waals surface area (Å²) < 4.78 is 12.8. The summed E-state index contributed by atoms with van der Waals surface area (Å²) in [5.74, 6) is 1.21. The maximum absolute atomic E-state index is 12.8. The molecule has 1 aliphatic rings. The first-order valence-corrected chi connectivity index (χ1v) is 9.00. The lowest BCUT2D eigenvalue weighted by Crippen LogP contribution is -2.42. The normalized spacial score (nSPS) is 28.6. The molecule has 0 aromatic heterocycles. The molecule has 2 rings (SSSR count). The summed E-state index contributed by atoms with van der Waals surface area (Å²) in [5.41, 5.74) is 7.52. The molecule has 112 valence electrons. The van der Waals surface area contributed by atoms with Gasteiger partial charge in [0, 0.05) is 10.9 Å². The molecule has 1 fully saturated rings. The van der Waals surface area contributed by atoms with Gasteiger partial charge in [0.2, 0.25) is 0 Å². The molecule has 0 aliphatic heterocycles. The Morgan fingerprint density at radius 1 is 1.25 bits per heavy atom. The second-order valence-corrected chi connectivity index (χ2v) is 7.98. The highest BCUT2D eigenvalue weighted by atomic mass is 32.2. The van der Waals surface area contributed by atoms with E-state index in [1.165, 1.54) is 18.4 Å². The molecule has 2 N–H and O–H groups in total. The topological polar surface area (TPSA) is 43.1 Å². The van der Waals surface area contributed by atoms with Crippen molar-refractivity contribution in [3.05, 3.63) is 29.8 Å². The fraction of sp³-hybridized carbons (Fsp3) is 0.647. The van der Waals surface area contributed by atoms with Gasteiger partial charge in [-0.05, 0) is 48.8 Å². The number of rotatable bonds is 4. The van der Waals surface area contributed by atoms with Gasteiger partial charge >= 0.3 is 0 Å². The second-order valence-electron chi connectivity index (χ2n) is 6.31. The van der Waals surface area contributed by atoms with Crippen molar-refractivity contribution >= 4 is 10.8 Å². The minimum absolute atomic E-state index is 0.0865. The van der Waals surface area contributed by atoms with Crippen molar-refractivity contribution in [2.45, 2.75) is 68.6 Å². The average Bonchev–Trinajstić information content (AvgIpc) is 2.47. The molecule has 20 heavy (non-hydrogen) atoms. The summed E-state index contributed by atoms with van der Waals surface area (Å²) in [6.07, 6.45) is 4.39. The monoisotopic (exact) mass is 293 g/mol. The minimum Gasteiger partial charge on any atom is -0.327 e. The van der Waals surface area contributed by atoms with E-state index in [4.69, 9.17) is 5.73 Å². The van der Waals surface area contributed by atoms with Gasteiger partial charge in [0.05, 0.1) is 16.0 Å². The molecule has 0 spiro atoms. The smallest absolute Gasteiger partial charge is 0.0576 e. The zero-order valence-corrected chi connectivity index (χ0v) is 13.7. The van der Waals surface area contributed by atoms with E-state index in [2.05, 4.69) is 32.9 Å². The molecule has 1 aromatic rings. The van der Waals surface area contributed by atoms with Gasteiger partial charge in [0.25, 0.3) is 0 Å². The van der Waals surface area contributed by atoms with Crippen LogP contribution in [-0.4, -0.2) is 15.5 Å². The van der Waals surface area contributed by atoms with Gasteiger partial charge in [0.1, 0.15) is 0 Å². The number of hydrogen-bond acceptors (Lipinski definition) is 2. The van der Waals surface area contributed by atoms with Crippen molar-refractivity contribution in [2.24, 2.45) is 11.7 Å².